The number of ketones is 1. The van der Waals surface area contributed by atoms with Crippen molar-refractivity contribution in [3.05, 3.63) is 59.1 Å². The lowest BCUT2D eigenvalue weighted by atomic mass is 10.1. The highest BCUT2D eigenvalue weighted by atomic mass is 35.5. The Morgan fingerprint density at radius 1 is 1.00 bits per heavy atom. The van der Waals surface area contributed by atoms with Crippen molar-refractivity contribution in [1.82, 2.24) is 0 Å². The summed E-state index contributed by atoms with van der Waals surface area (Å²) in [7, 11) is -3.91. The normalized spacial score (nSPS) is 11.1. The van der Waals surface area contributed by atoms with Crippen molar-refractivity contribution in [3.63, 3.8) is 0 Å². The third kappa shape index (κ3) is 3.37. The lowest BCUT2D eigenvalue weighted by Crippen LogP contribution is -2.09. The molecule has 0 aliphatic rings. The van der Waals surface area contributed by atoms with Gasteiger partial charge in [0.25, 0.3) is 0 Å². The summed E-state index contributed by atoms with van der Waals surface area (Å²) >= 11 is 5.70. The Bertz CT molecular complexity index is 719. The average Bonchev–Trinajstić information content (AvgIpc) is 2.39. The molecule has 20 heavy (non-hydrogen) atoms. The van der Waals surface area contributed by atoms with Crippen LogP contribution in [-0.2, 0) is 10.1 Å². The van der Waals surface area contributed by atoms with E-state index < -0.39 is 10.1 Å². The molecule has 0 saturated heterocycles. The molecular formula is C14H11ClO4S. The standard InChI is InChI=1S/C14H11ClO4S/c1-10(16)11-2-6-13(7-3-11)19-20(17,18)14-8-4-12(15)5-9-14/h2-9H,1H3. The molecule has 0 fully saturated rings. The van der Waals surface area contributed by atoms with Crippen molar-refractivity contribution in [2.24, 2.45) is 0 Å². The zero-order chi connectivity index (χ0) is 14.8. The van der Waals surface area contributed by atoms with Crippen LogP contribution in [0.4, 0.5) is 0 Å². The maximum Gasteiger partial charge on any atom is 0.339 e. The number of halogens is 1. The van der Waals surface area contributed by atoms with Gasteiger partial charge in [-0.05, 0) is 55.5 Å². The lowest BCUT2D eigenvalue weighted by Gasteiger charge is -2.07. The summed E-state index contributed by atoms with van der Waals surface area (Å²) in [5.41, 5.74) is 0.487. The SMILES string of the molecule is CC(=O)c1ccc(OS(=O)(=O)c2ccc(Cl)cc2)cc1. The third-order valence-electron chi connectivity index (χ3n) is 2.57. The fraction of sp³-hybridized carbons (Fsp3) is 0.0714. The number of carbonyl (C=O) groups excluding carboxylic acids is 1. The molecule has 4 nitrogen and oxygen atoms in total. The highest BCUT2D eigenvalue weighted by molar-refractivity contribution is 7.87. The van der Waals surface area contributed by atoms with Crippen LogP contribution >= 0.6 is 11.6 Å². The molecule has 0 N–H and O–H groups in total. The molecule has 2 aromatic rings. The lowest BCUT2D eigenvalue weighted by molar-refractivity contribution is 0.101. The Balaban J connectivity index is 2.24. The molecule has 104 valence electrons. The molecule has 0 spiro atoms. The number of Topliss-reactive ketones (excluding diaryl/α,β-unsaturated/α-hetero) is 1. The van der Waals surface area contributed by atoms with E-state index in [-0.39, 0.29) is 16.4 Å². The molecule has 0 aromatic heterocycles. The summed E-state index contributed by atoms with van der Waals surface area (Å²) < 4.78 is 29.0. The zero-order valence-corrected chi connectivity index (χ0v) is 12.1. The first-order valence-electron chi connectivity index (χ1n) is 5.69. The van der Waals surface area contributed by atoms with Crippen molar-refractivity contribution in [2.45, 2.75) is 11.8 Å². The summed E-state index contributed by atoms with van der Waals surface area (Å²) in [5.74, 6) is 0.0436. The van der Waals surface area contributed by atoms with Crippen LogP contribution in [0.15, 0.2) is 53.4 Å². The van der Waals surface area contributed by atoms with Gasteiger partial charge in [0.1, 0.15) is 10.6 Å². The van der Waals surface area contributed by atoms with E-state index in [2.05, 4.69) is 0 Å². The molecule has 0 aliphatic heterocycles. The maximum atomic E-state index is 12.0. The molecule has 0 saturated carbocycles. The summed E-state index contributed by atoms with van der Waals surface area (Å²) in [6.07, 6.45) is 0. The Kier molecular flexibility index (Phi) is 4.11. The van der Waals surface area contributed by atoms with Gasteiger partial charge in [0.05, 0.1) is 0 Å². The van der Waals surface area contributed by atoms with E-state index >= 15 is 0 Å². The van der Waals surface area contributed by atoms with Crippen LogP contribution < -0.4 is 4.18 Å². The molecule has 2 rings (SSSR count). The van der Waals surface area contributed by atoms with E-state index in [9.17, 15) is 13.2 Å². The smallest absolute Gasteiger partial charge is 0.339 e. The molecule has 0 unspecified atom stereocenters. The highest BCUT2D eigenvalue weighted by Crippen LogP contribution is 2.20. The predicted molar refractivity (Wildman–Crippen MR) is 75.7 cm³/mol. The van der Waals surface area contributed by atoms with Gasteiger partial charge >= 0.3 is 10.1 Å². The molecular weight excluding hydrogens is 300 g/mol. The van der Waals surface area contributed by atoms with Crippen molar-refractivity contribution < 1.29 is 17.4 Å². The second kappa shape index (κ2) is 5.64. The Morgan fingerprint density at radius 3 is 2.05 bits per heavy atom. The minimum atomic E-state index is -3.91. The number of hydrogen-bond donors (Lipinski definition) is 0. The predicted octanol–water partition coefficient (Wildman–Crippen LogP) is 3.31. The van der Waals surface area contributed by atoms with Crippen LogP contribution in [-0.4, -0.2) is 14.2 Å². The van der Waals surface area contributed by atoms with Gasteiger partial charge in [-0.25, -0.2) is 0 Å². The van der Waals surface area contributed by atoms with Gasteiger partial charge in [0.2, 0.25) is 0 Å². The number of benzene rings is 2. The minimum Gasteiger partial charge on any atom is -0.379 e. The average molecular weight is 311 g/mol. The molecule has 0 bridgehead atoms. The topological polar surface area (TPSA) is 60.4 Å². The summed E-state index contributed by atoms with van der Waals surface area (Å²) in [5, 5.41) is 0.440. The van der Waals surface area contributed by atoms with E-state index in [4.69, 9.17) is 15.8 Å². The van der Waals surface area contributed by atoms with Crippen LogP contribution in [0.3, 0.4) is 0 Å². The highest BCUT2D eigenvalue weighted by Gasteiger charge is 2.16. The first-order chi connectivity index (χ1) is 9.38. The van der Waals surface area contributed by atoms with Gasteiger partial charge in [0.15, 0.2) is 5.78 Å². The molecule has 6 heteroatoms. The number of hydrogen-bond acceptors (Lipinski definition) is 4. The Labute approximate surface area is 122 Å². The molecule has 0 aliphatic carbocycles. The second-order valence-corrected chi connectivity index (χ2v) is 6.05. The Hall–Kier alpha value is -1.85. The van der Waals surface area contributed by atoms with Crippen LogP contribution in [0.1, 0.15) is 17.3 Å². The van der Waals surface area contributed by atoms with Gasteiger partial charge < -0.3 is 4.18 Å². The number of carbonyl (C=O) groups is 1. The van der Waals surface area contributed by atoms with Gasteiger partial charge in [-0.2, -0.15) is 8.42 Å². The quantitative estimate of drug-likeness (QED) is 0.642. The first-order valence-corrected chi connectivity index (χ1v) is 7.48. The maximum absolute atomic E-state index is 12.0. The van der Waals surface area contributed by atoms with Crippen molar-refractivity contribution in [2.75, 3.05) is 0 Å². The van der Waals surface area contributed by atoms with E-state index in [0.29, 0.717) is 10.6 Å². The van der Waals surface area contributed by atoms with E-state index in [1.54, 1.807) is 0 Å². The third-order valence-corrected chi connectivity index (χ3v) is 4.08. The van der Waals surface area contributed by atoms with E-state index in [1.165, 1.54) is 55.5 Å². The fourth-order valence-corrected chi connectivity index (χ4v) is 2.58. The van der Waals surface area contributed by atoms with Gasteiger partial charge in [-0.1, -0.05) is 11.6 Å². The molecule has 0 heterocycles. The summed E-state index contributed by atoms with van der Waals surface area (Å²) in [6.45, 7) is 1.43. The molecule has 0 atom stereocenters. The largest absolute Gasteiger partial charge is 0.379 e. The van der Waals surface area contributed by atoms with Crippen LogP contribution in [0, 0.1) is 0 Å². The van der Waals surface area contributed by atoms with Crippen molar-refractivity contribution in [3.8, 4) is 5.75 Å². The molecule has 0 radical (unpaired) electrons. The zero-order valence-electron chi connectivity index (χ0n) is 10.5. The Morgan fingerprint density at radius 2 is 1.55 bits per heavy atom. The van der Waals surface area contributed by atoms with Crippen LogP contribution in [0.5, 0.6) is 5.75 Å². The summed E-state index contributed by atoms with van der Waals surface area (Å²) in [6, 6.07) is 11.6. The summed E-state index contributed by atoms with van der Waals surface area (Å²) in [4.78, 5) is 11.1. The second-order valence-electron chi connectivity index (χ2n) is 4.07. The molecule has 0 amide bonds. The van der Waals surface area contributed by atoms with Gasteiger partial charge in [0, 0.05) is 10.6 Å². The van der Waals surface area contributed by atoms with Gasteiger partial charge in [-0.3, -0.25) is 4.79 Å². The fourth-order valence-electron chi connectivity index (χ4n) is 1.52. The van der Waals surface area contributed by atoms with Crippen LogP contribution in [0.25, 0.3) is 0 Å². The van der Waals surface area contributed by atoms with Gasteiger partial charge in [-0.15, -0.1) is 0 Å². The van der Waals surface area contributed by atoms with Crippen molar-refractivity contribution in [1.29, 1.82) is 0 Å². The van der Waals surface area contributed by atoms with E-state index in [1.807, 2.05) is 0 Å². The molecule has 2 aromatic carbocycles. The minimum absolute atomic E-state index is 0.0116. The van der Waals surface area contributed by atoms with Crippen LogP contribution in [0.2, 0.25) is 5.02 Å². The first kappa shape index (κ1) is 14.6. The van der Waals surface area contributed by atoms with Crippen molar-refractivity contribution >= 4 is 27.5 Å². The van der Waals surface area contributed by atoms with E-state index in [0.717, 1.165) is 0 Å². The number of rotatable bonds is 4. The monoisotopic (exact) mass is 310 g/mol.